The highest BCUT2D eigenvalue weighted by Gasteiger charge is 2.33. The number of nitrogens with zero attached hydrogens (tertiary/aromatic N) is 7. The first-order valence-corrected chi connectivity index (χ1v) is 12.0. The summed E-state index contributed by atoms with van der Waals surface area (Å²) in [6, 6.07) is 16.7. The summed E-state index contributed by atoms with van der Waals surface area (Å²) in [5, 5.41) is 12.6. The largest absolute Gasteiger partial charge is 0.464 e. The van der Waals surface area contributed by atoms with E-state index in [-0.39, 0.29) is 18.7 Å². The van der Waals surface area contributed by atoms with E-state index >= 15 is 0 Å². The van der Waals surface area contributed by atoms with Gasteiger partial charge >= 0.3 is 0 Å². The molecule has 1 aliphatic heterocycles. The van der Waals surface area contributed by atoms with Crippen LogP contribution in [0.1, 0.15) is 30.0 Å². The summed E-state index contributed by atoms with van der Waals surface area (Å²) in [4.78, 5) is 5.12. The van der Waals surface area contributed by atoms with Gasteiger partial charge in [-0.1, -0.05) is 52.5 Å². The van der Waals surface area contributed by atoms with Crippen LogP contribution in [-0.2, 0) is 18.4 Å². The van der Waals surface area contributed by atoms with E-state index in [2.05, 4.69) is 73.5 Å². The van der Waals surface area contributed by atoms with Crippen LogP contribution >= 0.6 is 0 Å². The highest BCUT2D eigenvalue weighted by molar-refractivity contribution is 5.85. The van der Waals surface area contributed by atoms with E-state index in [0.29, 0.717) is 13.2 Å². The molecule has 2 aromatic carbocycles. The fraction of sp³-hybridized carbons (Fsp3) is 0.333. The highest BCUT2D eigenvalue weighted by atomic mass is 16.5. The summed E-state index contributed by atoms with van der Waals surface area (Å²) in [6.45, 7) is 2.13. The smallest absolute Gasteiger partial charge is 0.139 e. The SMILES string of the molecule is Cn1nncc1-c1cc(CO[C@H]2CCCN(CC#CCN=[N+]=[N-])[C@H]2c2ccccc2)c2occc2c1. The van der Waals surface area contributed by atoms with Crippen molar-refractivity contribution in [1.82, 2.24) is 19.9 Å². The standard InChI is InChI=1S/C27H27N7O2/c1-33-24(18-30-32-33)22-16-21-11-15-35-27(21)23(17-22)19-36-25-10-7-14-34(13-6-5-12-29-31-28)26(25)20-8-3-2-4-9-20/h2-4,8-9,11,15-18,25-26H,7,10,12-14,19H2,1H3/t25-,26-/m0/s1. The molecule has 0 N–H and O–H groups in total. The monoisotopic (exact) mass is 481 g/mol. The Balaban J connectivity index is 1.40. The number of hydrogen-bond donors (Lipinski definition) is 0. The van der Waals surface area contributed by atoms with E-state index in [9.17, 15) is 0 Å². The maximum Gasteiger partial charge on any atom is 0.139 e. The lowest BCUT2D eigenvalue weighted by atomic mass is 9.92. The van der Waals surface area contributed by atoms with Gasteiger partial charge in [-0.15, -0.1) is 5.10 Å². The zero-order valence-electron chi connectivity index (χ0n) is 20.1. The van der Waals surface area contributed by atoms with Crippen molar-refractivity contribution in [2.45, 2.75) is 31.6 Å². The molecule has 0 spiro atoms. The first kappa shape index (κ1) is 23.6. The van der Waals surface area contributed by atoms with Gasteiger partial charge in [0.25, 0.3) is 0 Å². The number of aryl methyl sites for hydroxylation is 1. The lowest BCUT2D eigenvalue weighted by Crippen LogP contribution is -2.43. The minimum Gasteiger partial charge on any atom is -0.464 e. The fourth-order valence-corrected chi connectivity index (χ4v) is 4.89. The van der Waals surface area contributed by atoms with E-state index in [1.807, 2.05) is 19.2 Å². The number of ether oxygens (including phenoxy) is 1. The van der Waals surface area contributed by atoms with E-state index in [1.54, 1.807) is 17.1 Å². The number of piperidine rings is 1. The van der Waals surface area contributed by atoms with Crippen molar-refractivity contribution < 1.29 is 9.15 Å². The molecule has 2 aromatic heterocycles. The van der Waals surface area contributed by atoms with Gasteiger partial charge in [0.05, 0.1) is 50.0 Å². The lowest BCUT2D eigenvalue weighted by molar-refractivity contribution is -0.0483. The molecule has 0 unspecified atom stereocenters. The Morgan fingerprint density at radius 2 is 2.11 bits per heavy atom. The molecule has 1 aliphatic rings. The van der Waals surface area contributed by atoms with Gasteiger partial charge in [-0.3, -0.25) is 4.90 Å². The van der Waals surface area contributed by atoms with Gasteiger partial charge in [0.15, 0.2) is 0 Å². The van der Waals surface area contributed by atoms with Gasteiger partial charge in [0, 0.05) is 28.5 Å². The van der Waals surface area contributed by atoms with Crippen molar-refractivity contribution in [3.05, 3.63) is 82.6 Å². The van der Waals surface area contributed by atoms with Gasteiger partial charge in [0.2, 0.25) is 0 Å². The van der Waals surface area contributed by atoms with Crippen LogP contribution in [0.15, 0.2) is 70.5 Å². The maximum atomic E-state index is 8.48. The van der Waals surface area contributed by atoms with Crippen molar-refractivity contribution in [2.24, 2.45) is 12.2 Å². The summed E-state index contributed by atoms with van der Waals surface area (Å²) >= 11 is 0. The molecule has 9 nitrogen and oxygen atoms in total. The van der Waals surface area contributed by atoms with Crippen molar-refractivity contribution in [3.8, 4) is 23.1 Å². The summed E-state index contributed by atoms with van der Waals surface area (Å²) in [7, 11) is 1.88. The second-order valence-electron chi connectivity index (χ2n) is 8.78. The third-order valence-electron chi connectivity index (χ3n) is 6.53. The molecule has 0 aliphatic carbocycles. The van der Waals surface area contributed by atoms with Crippen LogP contribution in [0, 0.1) is 11.8 Å². The molecular weight excluding hydrogens is 454 g/mol. The van der Waals surface area contributed by atoms with Crippen LogP contribution < -0.4 is 0 Å². The predicted molar refractivity (Wildman–Crippen MR) is 137 cm³/mol. The Kier molecular flexibility index (Phi) is 7.29. The summed E-state index contributed by atoms with van der Waals surface area (Å²) in [5.41, 5.74) is 13.5. The molecule has 0 saturated carbocycles. The molecule has 2 atom stereocenters. The Hall–Kier alpha value is -4.09. The van der Waals surface area contributed by atoms with Crippen molar-refractivity contribution in [1.29, 1.82) is 0 Å². The number of fused-ring (bicyclic) bond motifs is 1. The van der Waals surface area contributed by atoms with E-state index in [4.69, 9.17) is 14.7 Å². The van der Waals surface area contributed by atoms with Crippen LogP contribution in [0.3, 0.4) is 0 Å². The molecule has 3 heterocycles. The topological polar surface area (TPSA) is 105 Å². The van der Waals surface area contributed by atoms with Gasteiger partial charge < -0.3 is 9.15 Å². The molecule has 0 amide bonds. The van der Waals surface area contributed by atoms with Crippen LogP contribution in [0.5, 0.6) is 0 Å². The van der Waals surface area contributed by atoms with Crippen LogP contribution in [0.25, 0.3) is 32.7 Å². The maximum absolute atomic E-state index is 8.48. The van der Waals surface area contributed by atoms with E-state index in [0.717, 1.165) is 47.2 Å². The summed E-state index contributed by atoms with van der Waals surface area (Å²) in [5.74, 6) is 6.10. The van der Waals surface area contributed by atoms with Crippen LogP contribution in [0.2, 0.25) is 0 Å². The first-order valence-electron chi connectivity index (χ1n) is 12.0. The number of furan rings is 1. The third-order valence-corrected chi connectivity index (χ3v) is 6.53. The molecule has 9 heteroatoms. The summed E-state index contributed by atoms with van der Waals surface area (Å²) < 4.78 is 14.2. The molecule has 1 saturated heterocycles. The minimum absolute atomic E-state index is 0.00730. The number of benzene rings is 2. The molecular formula is C27H27N7O2. The Morgan fingerprint density at radius 3 is 2.92 bits per heavy atom. The molecule has 0 bridgehead atoms. The van der Waals surface area contributed by atoms with Crippen LogP contribution in [-0.4, -0.2) is 45.6 Å². The zero-order chi connectivity index (χ0) is 24.7. The minimum atomic E-state index is -0.00730. The highest BCUT2D eigenvalue weighted by Crippen LogP contribution is 2.35. The number of azide groups is 1. The van der Waals surface area contributed by atoms with E-state index < -0.39 is 0 Å². The quantitative estimate of drug-likeness (QED) is 0.155. The molecule has 4 aromatic rings. The fourth-order valence-electron chi connectivity index (χ4n) is 4.89. The normalized spacial score (nSPS) is 17.9. The zero-order valence-corrected chi connectivity index (χ0v) is 20.1. The predicted octanol–water partition coefficient (Wildman–Crippen LogP) is 5.26. The second-order valence-corrected chi connectivity index (χ2v) is 8.78. The third kappa shape index (κ3) is 5.11. The molecule has 5 rings (SSSR count). The molecule has 0 radical (unpaired) electrons. The van der Waals surface area contributed by atoms with Crippen molar-refractivity contribution in [3.63, 3.8) is 0 Å². The second kappa shape index (κ2) is 11.1. The average molecular weight is 482 g/mol. The number of aromatic nitrogens is 3. The molecule has 1 fully saturated rings. The van der Waals surface area contributed by atoms with Gasteiger partial charge in [0.1, 0.15) is 5.58 Å². The van der Waals surface area contributed by atoms with Gasteiger partial charge in [-0.05, 0) is 48.7 Å². The first-order chi connectivity index (χ1) is 17.7. The van der Waals surface area contributed by atoms with Gasteiger partial charge in [-0.2, -0.15) is 0 Å². The van der Waals surface area contributed by atoms with Gasteiger partial charge in [-0.25, -0.2) is 4.68 Å². The Bertz CT molecular complexity index is 1430. The van der Waals surface area contributed by atoms with Crippen molar-refractivity contribution >= 4 is 11.0 Å². The van der Waals surface area contributed by atoms with Crippen LogP contribution in [0.4, 0.5) is 0 Å². The van der Waals surface area contributed by atoms with E-state index in [1.165, 1.54) is 5.56 Å². The lowest BCUT2D eigenvalue weighted by Gasteiger charge is -2.40. The number of rotatable bonds is 7. The Morgan fingerprint density at radius 1 is 1.22 bits per heavy atom. The van der Waals surface area contributed by atoms with Crippen molar-refractivity contribution in [2.75, 3.05) is 19.6 Å². The number of likely N-dealkylation sites (tertiary alicyclic amines) is 1. The molecule has 182 valence electrons. The summed E-state index contributed by atoms with van der Waals surface area (Å²) in [6.07, 6.45) is 5.44. The molecule has 36 heavy (non-hydrogen) atoms. The average Bonchev–Trinajstić information content (AvgIpc) is 3.56. The number of hydrogen-bond acceptors (Lipinski definition) is 6. The Labute approximate surface area is 209 Å².